The Kier molecular flexibility index (Phi) is 6.21. The molecule has 2 aromatic carbocycles. The lowest BCUT2D eigenvalue weighted by Crippen LogP contribution is -2.36. The zero-order valence-electron chi connectivity index (χ0n) is 17.9. The van der Waals surface area contributed by atoms with Gasteiger partial charge in [0.1, 0.15) is 5.82 Å². The summed E-state index contributed by atoms with van der Waals surface area (Å²) in [7, 11) is 0. The molecule has 1 aliphatic heterocycles. The van der Waals surface area contributed by atoms with Gasteiger partial charge < -0.3 is 19.4 Å². The fourth-order valence-electron chi connectivity index (χ4n) is 3.95. The number of nitrogens with zero attached hydrogens (tertiary/aromatic N) is 2. The number of hydrogen-bond acceptors (Lipinski definition) is 5. The van der Waals surface area contributed by atoms with E-state index in [9.17, 15) is 9.59 Å². The van der Waals surface area contributed by atoms with E-state index in [0.717, 1.165) is 23.5 Å². The van der Waals surface area contributed by atoms with Gasteiger partial charge in [-0.3, -0.25) is 9.59 Å². The van der Waals surface area contributed by atoms with Crippen LogP contribution in [0.25, 0.3) is 10.9 Å². The van der Waals surface area contributed by atoms with Crippen LogP contribution < -0.4 is 15.0 Å². The molecule has 0 bridgehead atoms. The van der Waals surface area contributed by atoms with Crippen LogP contribution in [0.4, 0.5) is 0 Å². The Morgan fingerprint density at radius 3 is 2.55 bits per heavy atom. The van der Waals surface area contributed by atoms with Crippen LogP contribution in [0, 0.1) is 0 Å². The van der Waals surface area contributed by atoms with Crippen molar-refractivity contribution in [3.05, 3.63) is 63.7 Å². The third kappa shape index (κ3) is 4.55. The second kappa shape index (κ2) is 9.20. The Balaban J connectivity index is 1.45. The maximum absolute atomic E-state index is 12.9. The van der Waals surface area contributed by atoms with Crippen molar-refractivity contribution >= 4 is 16.8 Å². The molecule has 0 atom stereocenters. The second-order valence-corrected chi connectivity index (χ2v) is 7.53. The summed E-state index contributed by atoms with van der Waals surface area (Å²) in [5.41, 5.74) is 2.75. The monoisotopic (exact) mass is 421 g/mol. The van der Waals surface area contributed by atoms with E-state index in [1.165, 1.54) is 5.56 Å². The molecule has 4 rings (SSSR count). The van der Waals surface area contributed by atoms with E-state index >= 15 is 0 Å². The molecule has 0 radical (unpaired) electrons. The Morgan fingerprint density at radius 2 is 1.81 bits per heavy atom. The molecule has 3 aromatic rings. The van der Waals surface area contributed by atoms with Gasteiger partial charge in [-0.25, -0.2) is 4.98 Å². The molecule has 0 fully saturated rings. The Hall–Kier alpha value is -3.35. The molecule has 0 aliphatic carbocycles. The first-order valence-electron chi connectivity index (χ1n) is 10.8. The lowest BCUT2D eigenvalue weighted by atomic mass is 9.98. The van der Waals surface area contributed by atoms with Crippen molar-refractivity contribution in [2.75, 3.05) is 19.8 Å². The molecule has 2 heterocycles. The minimum Gasteiger partial charge on any atom is -0.490 e. The second-order valence-electron chi connectivity index (χ2n) is 7.53. The molecule has 1 aliphatic rings. The van der Waals surface area contributed by atoms with E-state index in [1.54, 1.807) is 6.07 Å². The third-order valence-corrected chi connectivity index (χ3v) is 5.47. The maximum Gasteiger partial charge on any atom is 0.258 e. The summed E-state index contributed by atoms with van der Waals surface area (Å²) in [6.45, 7) is 6.23. The molecular weight excluding hydrogens is 394 g/mol. The van der Waals surface area contributed by atoms with Gasteiger partial charge in [0.05, 0.1) is 24.1 Å². The molecule has 0 saturated carbocycles. The van der Waals surface area contributed by atoms with Crippen molar-refractivity contribution in [3.8, 4) is 11.5 Å². The summed E-state index contributed by atoms with van der Waals surface area (Å²) in [5.74, 6) is 2.06. The molecule has 1 N–H and O–H groups in total. The number of aromatic nitrogens is 2. The molecular formula is C24H27N3O4. The number of para-hydroxylation sites is 1. The molecule has 7 heteroatoms. The number of aryl methyl sites for hydroxylation is 1. The predicted octanol–water partition coefficient (Wildman–Crippen LogP) is 3.24. The highest BCUT2D eigenvalue weighted by Crippen LogP contribution is 2.34. The molecule has 1 amide bonds. The summed E-state index contributed by atoms with van der Waals surface area (Å²) >= 11 is 0. The van der Waals surface area contributed by atoms with Gasteiger partial charge in [0.15, 0.2) is 11.5 Å². The highest BCUT2D eigenvalue weighted by Gasteiger charge is 2.23. The minimum atomic E-state index is -0.173. The highest BCUT2D eigenvalue weighted by molar-refractivity contribution is 5.78. The number of H-pyrrole nitrogens is 1. The number of ether oxygens (including phenoxy) is 2. The van der Waals surface area contributed by atoms with Crippen molar-refractivity contribution in [3.63, 3.8) is 0 Å². The number of aromatic amines is 1. The predicted molar refractivity (Wildman–Crippen MR) is 119 cm³/mol. The Labute approximate surface area is 181 Å². The standard InChI is InChI=1S/C24H27N3O4/c1-3-30-20-13-16-11-12-27(15-17(16)14-21(20)31-4-2)23(28)10-9-22-25-19-8-6-5-7-18(19)24(29)26-22/h5-8,13-14H,3-4,9-12,15H2,1-2H3,(H,25,26,29). The van der Waals surface area contributed by atoms with Crippen molar-refractivity contribution in [2.24, 2.45) is 0 Å². The molecule has 1 aromatic heterocycles. The summed E-state index contributed by atoms with van der Waals surface area (Å²) in [6.07, 6.45) is 1.47. The number of amides is 1. The van der Waals surface area contributed by atoms with E-state index in [1.807, 2.05) is 49.1 Å². The quantitative estimate of drug-likeness (QED) is 0.633. The van der Waals surface area contributed by atoms with Gasteiger partial charge in [-0.2, -0.15) is 0 Å². The van der Waals surface area contributed by atoms with Gasteiger partial charge in [-0.15, -0.1) is 0 Å². The number of carbonyl (C=O) groups is 1. The van der Waals surface area contributed by atoms with Crippen LogP contribution in [0.15, 0.2) is 41.2 Å². The van der Waals surface area contributed by atoms with Crippen LogP contribution in [0.2, 0.25) is 0 Å². The van der Waals surface area contributed by atoms with E-state index in [2.05, 4.69) is 9.97 Å². The maximum atomic E-state index is 12.9. The topological polar surface area (TPSA) is 84.5 Å². The first-order chi connectivity index (χ1) is 15.1. The zero-order chi connectivity index (χ0) is 21.8. The SMILES string of the molecule is CCOc1cc2c(cc1OCC)CN(C(=O)CCc1nc3ccccc3c(=O)[nH]1)CC2. The summed E-state index contributed by atoms with van der Waals surface area (Å²) < 4.78 is 11.4. The zero-order valence-corrected chi connectivity index (χ0v) is 17.9. The van der Waals surface area contributed by atoms with Crippen LogP contribution in [-0.4, -0.2) is 40.5 Å². The van der Waals surface area contributed by atoms with Gasteiger partial charge in [0, 0.05) is 25.9 Å². The van der Waals surface area contributed by atoms with Crippen molar-refractivity contribution in [1.82, 2.24) is 14.9 Å². The average Bonchev–Trinajstić information content (AvgIpc) is 2.78. The van der Waals surface area contributed by atoms with Gasteiger partial charge in [0.25, 0.3) is 5.56 Å². The number of carbonyl (C=O) groups excluding carboxylic acids is 1. The van der Waals surface area contributed by atoms with Crippen molar-refractivity contribution in [1.29, 1.82) is 0 Å². The van der Waals surface area contributed by atoms with Crippen LogP contribution >= 0.6 is 0 Å². The molecule has 7 nitrogen and oxygen atoms in total. The van der Waals surface area contributed by atoms with Gasteiger partial charge in [-0.05, 0) is 55.7 Å². The van der Waals surface area contributed by atoms with Gasteiger partial charge in [-0.1, -0.05) is 12.1 Å². The number of rotatable bonds is 7. The lowest BCUT2D eigenvalue weighted by Gasteiger charge is -2.30. The van der Waals surface area contributed by atoms with Crippen LogP contribution in [-0.2, 0) is 24.2 Å². The van der Waals surface area contributed by atoms with Crippen LogP contribution in [0.1, 0.15) is 37.2 Å². The summed E-state index contributed by atoms with van der Waals surface area (Å²) in [5, 5.41) is 0.557. The van der Waals surface area contributed by atoms with E-state index in [4.69, 9.17) is 9.47 Å². The lowest BCUT2D eigenvalue weighted by molar-refractivity contribution is -0.132. The van der Waals surface area contributed by atoms with E-state index in [0.29, 0.717) is 55.9 Å². The van der Waals surface area contributed by atoms with Crippen LogP contribution in [0.3, 0.4) is 0 Å². The smallest absolute Gasteiger partial charge is 0.258 e. The van der Waals surface area contributed by atoms with E-state index in [-0.39, 0.29) is 11.5 Å². The van der Waals surface area contributed by atoms with Crippen molar-refractivity contribution in [2.45, 2.75) is 39.7 Å². The fourth-order valence-corrected chi connectivity index (χ4v) is 3.95. The fraction of sp³-hybridized carbons (Fsp3) is 0.375. The largest absolute Gasteiger partial charge is 0.490 e. The normalized spacial score (nSPS) is 13.2. The molecule has 0 saturated heterocycles. The first kappa shape index (κ1) is 20.9. The highest BCUT2D eigenvalue weighted by atomic mass is 16.5. The molecule has 0 spiro atoms. The summed E-state index contributed by atoms with van der Waals surface area (Å²) in [4.78, 5) is 34.2. The van der Waals surface area contributed by atoms with Crippen molar-refractivity contribution < 1.29 is 14.3 Å². The van der Waals surface area contributed by atoms with Crippen LogP contribution in [0.5, 0.6) is 11.5 Å². The average molecular weight is 421 g/mol. The molecule has 162 valence electrons. The Morgan fingerprint density at radius 1 is 1.10 bits per heavy atom. The number of fused-ring (bicyclic) bond motifs is 2. The molecule has 0 unspecified atom stereocenters. The summed E-state index contributed by atoms with van der Waals surface area (Å²) in [6, 6.07) is 11.2. The number of benzene rings is 2. The van der Waals surface area contributed by atoms with E-state index < -0.39 is 0 Å². The third-order valence-electron chi connectivity index (χ3n) is 5.47. The van der Waals surface area contributed by atoms with Gasteiger partial charge >= 0.3 is 0 Å². The minimum absolute atomic E-state index is 0.0494. The first-order valence-corrected chi connectivity index (χ1v) is 10.8. The number of nitrogens with one attached hydrogen (secondary N) is 1. The molecule has 31 heavy (non-hydrogen) atoms. The number of hydrogen-bond donors (Lipinski definition) is 1. The Bertz CT molecular complexity index is 1160. The van der Waals surface area contributed by atoms with Gasteiger partial charge in [0.2, 0.25) is 5.91 Å².